The Balaban J connectivity index is 2.53. The summed E-state index contributed by atoms with van der Waals surface area (Å²) in [6.45, 7) is -0.264. The highest BCUT2D eigenvalue weighted by molar-refractivity contribution is 5.82. The van der Waals surface area contributed by atoms with Crippen molar-refractivity contribution >= 4 is 5.97 Å². The van der Waals surface area contributed by atoms with Crippen molar-refractivity contribution in [3.63, 3.8) is 0 Å². The van der Waals surface area contributed by atoms with E-state index in [1.807, 2.05) is 0 Å². The van der Waals surface area contributed by atoms with Gasteiger partial charge in [0.1, 0.15) is 17.0 Å². The summed E-state index contributed by atoms with van der Waals surface area (Å²) in [6.07, 6.45) is -0.144. The van der Waals surface area contributed by atoms with Crippen molar-refractivity contribution in [3.05, 3.63) is 71.3 Å². The van der Waals surface area contributed by atoms with Crippen LogP contribution < -0.4 is 5.73 Å². The van der Waals surface area contributed by atoms with Crippen molar-refractivity contribution in [3.8, 4) is 0 Å². The molecule has 0 spiro atoms. The molecule has 0 saturated carbocycles. The minimum Gasteiger partial charge on any atom is -0.481 e. The minimum atomic E-state index is -1.57. The van der Waals surface area contributed by atoms with Gasteiger partial charge in [0.25, 0.3) is 0 Å². The molecule has 1 unspecified atom stereocenters. The Morgan fingerprint density at radius 3 is 2.43 bits per heavy atom. The van der Waals surface area contributed by atoms with E-state index in [-0.39, 0.29) is 24.1 Å². The number of carboxylic acid groups (broad SMARTS) is 1. The smallest absolute Gasteiger partial charge is 0.315 e. The molecule has 0 radical (unpaired) electrons. The van der Waals surface area contributed by atoms with Crippen LogP contribution in [0.15, 0.2) is 48.5 Å². The molecule has 0 bridgehead atoms. The van der Waals surface area contributed by atoms with E-state index >= 15 is 0 Å². The van der Waals surface area contributed by atoms with Crippen LogP contribution in [0.5, 0.6) is 0 Å². The zero-order valence-corrected chi connectivity index (χ0v) is 11.2. The normalized spacial score (nSPS) is 13.7. The lowest BCUT2D eigenvalue weighted by Crippen LogP contribution is -2.45. The maximum Gasteiger partial charge on any atom is 0.315 e. The maximum atomic E-state index is 13.8. The molecule has 0 aliphatic rings. The van der Waals surface area contributed by atoms with Gasteiger partial charge in [-0.1, -0.05) is 30.3 Å². The van der Waals surface area contributed by atoms with Gasteiger partial charge in [-0.05, 0) is 35.7 Å². The molecule has 21 heavy (non-hydrogen) atoms. The summed E-state index contributed by atoms with van der Waals surface area (Å²) in [5.74, 6) is -2.27. The van der Waals surface area contributed by atoms with Gasteiger partial charge >= 0.3 is 5.97 Å². The Bertz CT molecular complexity index is 660. The zero-order valence-electron chi connectivity index (χ0n) is 11.2. The Morgan fingerprint density at radius 1 is 1.14 bits per heavy atom. The van der Waals surface area contributed by atoms with Crippen LogP contribution in [0.1, 0.15) is 11.1 Å². The number of rotatable bonds is 5. The maximum absolute atomic E-state index is 13.8. The van der Waals surface area contributed by atoms with Gasteiger partial charge in [-0.2, -0.15) is 0 Å². The second-order valence-electron chi connectivity index (χ2n) is 4.87. The third-order valence-electron chi connectivity index (χ3n) is 3.59. The summed E-state index contributed by atoms with van der Waals surface area (Å²) in [5.41, 5.74) is 4.55. The molecule has 3 N–H and O–H groups in total. The number of carboxylic acids is 1. The summed E-state index contributed by atoms with van der Waals surface area (Å²) >= 11 is 0. The molecule has 2 aromatic rings. The molecule has 2 rings (SSSR count). The van der Waals surface area contributed by atoms with Crippen LogP contribution in [-0.4, -0.2) is 17.6 Å². The zero-order chi connectivity index (χ0) is 15.5. The Morgan fingerprint density at radius 2 is 1.86 bits per heavy atom. The molecule has 3 nitrogen and oxygen atoms in total. The van der Waals surface area contributed by atoms with E-state index in [4.69, 9.17) is 5.73 Å². The second-order valence-corrected chi connectivity index (χ2v) is 4.87. The molecule has 0 amide bonds. The van der Waals surface area contributed by atoms with Crippen molar-refractivity contribution in [2.45, 2.75) is 11.8 Å². The fourth-order valence-electron chi connectivity index (χ4n) is 2.33. The Hall–Kier alpha value is -2.27. The molecule has 0 aliphatic heterocycles. The SMILES string of the molecule is NCC(Cc1ccccc1F)(C(=O)O)c1cccc(F)c1. The lowest BCUT2D eigenvalue weighted by atomic mass is 9.75. The van der Waals surface area contributed by atoms with Gasteiger partial charge in [0.2, 0.25) is 0 Å². The molecular formula is C16H15F2NO2. The van der Waals surface area contributed by atoms with E-state index in [1.165, 1.54) is 36.4 Å². The second kappa shape index (κ2) is 6.01. The molecule has 5 heteroatoms. The Labute approximate surface area is 121 Å². The van der Waals surface area contributed by atoms with Gasteiger partial charge in [0.05, 0.1) is 0 Å². The first-order chi connectivity index (χ1) is 9.99. The van der Waals surface area contributed by atoms with Gasteiger partial charge < -0.3 is 10.8 Å². The molecule has 0 heterocycles. The summed E-state index contributed by atoms with van der Waals surface area (Å²) in [7, 11) is 0. The first-order valence-electron chi connectivity index (χ1n) is 6.42. The molecule has 0 aromatic heterocycles. The molecule has 0 fully saturated rings. The average molecular weight is 291 g/mol. The number of hydrogen-bond donors (Lipinski definition) is 2. The van der Waals surface area contributed by atoms with Gasteiger partial charge in [-0.25, -0.2) is 8.78 Å². The van der Waals surface area contributed by atoms with E-state index in [0.717, 1.165) is 6.07 Å². The Kier molecular flexibility index (Phi) is 4.33. The van der Waals surface area contributed by atoms with Gasteiger partial charge in [-0.3, -0.25) is 4.79 Å². The van der Waals surface area contributed by atoms with E-state index in [0.29, 0.717) is 0 Å². The number of aliphatic carboxylic acids is 1. The van der Waals surface area contributed by atoms with Crippen LogP contribution in [0.3, 0.4) is 0 Å². The van der Waals surface area contributed by atoms with E-state index in [1.54, 1.807) is 6.07 Å². The van der Waals surface area contributed by atoms with Crippen LogP contribution in [0.4, 0.5) is 8.78 Å². The van der Waals surface area contributed by atoms with Crippen molar-refractivity contribution in [1.29, 1.82) is 0 Å². The molecular weight excluding hydrogens is 276 g/mol. The van der Waals surface area contributed by atoms with Crippen molar-refractivity contribution in [2.24, 2.45) is 5.73 Å². The van der Waals surface area contributed by atoms with Crippen LogP contribution in [0.2, 0.25) is 0 Å². The van der Waals surface area contributed by atoms with E-state index in [9.17, 15) is 18.7 Å². The number of hydrogen-bond acceptors (Lipinski definition) is 2. The highest BCUT2D eigenvalue weighted by Crippen LogP contribution is 2.29. The molecule has 0 aliphatic carbocycles. The first kappa shape index (κ1) is 15.1. The fourth-order valence-corrected chi connectivity index (χ4v) is 2.33. The highest BCUT2D eigenvalue weighted by atomic mass is 19.1. The highest BCUT2D eigenvalue weighted by Gasteiger charge is 2.40. The monoisotopic (exact) mass is 291 g/mol. The topological polar surface area (TPSA) is 63.3 Å². The predicted molar refractivity (Wildman–Crippen MR) is 74.9 cm³/mol. The van der Waals surface area contributed by atoms with E-state index < -0.39 is 23.0 Å². The van der Waals surface area contributed by atoms with Crippen LogP contribution in [0.25, 0.3) is 0 Å². The number of halogens is 2. The molecule has 110 valence electrons. The lowest BCUT2D eigenvalue weighted by Gasteiger charge is -2.29. The van der Waals surface area contributed by atoms with Gasteiger partial charge in [0.15, 0.2) is 0 Å². The minimum absolute atomic E-state index is 0.144. The number of carbonyl (C=O) groups is 1. The summed E-state index contributed by atoms with van der Waals surface area (Å²) < 4.78 is 27.2. The molecule has 0 saturated heterocycles. The number of nitrogens with two attached hydrogens (primary N) is 1. The summed E-state index contributed by atoms with van der Waals surface area (Å²) in [6, 6.07) is 11.1. The largest absolute Gasteiger partial charge is 0.481 e. The van der Waals surface area contributed by atoms with Crippen molar-refractivity contribution < 1.29 is 18.7 Å². The van der Waals surface area contributed by atoms with E-state index in [2.05, 4.69) is 0 Å². The van der Waals surface area contributed by atoms with Crippen LogP contribution in [0, 0.1) is 11.6 Å². The van der Waals surface area contributed by atoms with Gasteiger partial charge in [-0.15, -0.1) is 0 Å². The molecule has 2 aromatic carbocycles. The lowest BCUT2D eigenvalue weighted by molar-refractivity contribution is -0.143. The van der Waals surface area contributed by atoms with Gasteiger partial charge in [0, 0.05) is 6.54 Å². The van der Waals surface area contributed by atoms with Crippen molar-refractivity contribution in [1.82, 2.24) is 0 Å². The standard InChI is InChI=1S/C16H15F2NO2/c17-13-6-3-5-12(8-13)16(10-19,15(20)21)9-11-4-1-2-7-14(11)18/h1-8H,9-10,19H2,(H,20,21). The average Bonchev–Trinajstić information content (AvgIpc) is 2.46. The fraction of sp³-hybridized carbons (Fsp3) is 0.188. The third-order valence-corrected chi connectivity index (χ3v) is 3.59. The first-order valence-corrected chi connectivity index (χ1v) is 6.42. The quantitative estimate of drug-likeness (QED) is 0.889. The predicted octanol–water partition coefficient (Wildman–Crippen LogP) is 2.49. The summed E-state index contributed by atoms with van der Waals surface area (Å²) in [5, 5.41) is 9.60. The van der Waals surface area contributed by atoms with Crippen LogP contribution >= 0.6 is 0 Å². The number of benzene rings is 2. The summed E-state index contributed by atoms with van der Waals surface area (Å²) in [4.78, 5) is 11.8. The van der Waals surface area contributed by atoms with Crippen molar-refractivity contribution in [2.75, 3.05) is 6.54 Å². The third kappa shape index (κ3) is 2.92. The van der Waals surface area contributed by atoms with Crippen LogP contribution in [-0.2, 0) is 16.6 Å². The molecule has 1 atom stereocenters.